The summed E-state index contributed by atoms with van der Waals surface area (Å²) in [6.07, 6.45) is 0.570. The van der Waals surface area contributed by atoms with E-state index in [9.17, 15) is 13.2 Å². The van der Waals surface area contributed by atoms with Gasteiger partial charge >= 0.3 is 6.18 Å². The molecule has 0 radical (unpaired) electrons. The Morgan fingerprint density at radius 2 is 1.74 bits per heavy atom. The molecule has 0 amide bonds. The Kier molecular flexibility index (Phi) is 4.14. The van der Waals surface area contributed by atoms with Gasteiger partial charge in [-0.1, -0.05) is 32.1 Å². The lowest BCUT2D eigenvalue weighted by atomic mass is 9.78. The Bertz CT molecular complexity index is 402. The highest BCUT2D eigenvalue weighted by Crippen LogP contribution is 2.49. The van der Waals surface area contributed by atoms with E-state index < -0.39 is 25.5 Å². The normalized spacial score (nSPS) is 27.9. The minimum Gasteiger partial charge on any atom is -0.401 e. The van der Waals surface area contributed by atoms with Gasteiger partial charge < -0.3 is 4.43 Å². The third kappa shape index (κ3) is 3.72. The molecular formula is C14H23F3OSi. The predicted octanol–water partition coefficient (Wildman–Crippen LogP) is 5.07. The van der Waals surface area contributed by atoms with Gasteiger partial charge in [0.2, 0.25) is 0 Å². The van der Waals surface area contributed by atoms with Crippen LogP contribution in [0.1, 0.15) is 27.2 Å². The second kappa shape index (κ2) is 4.77. The van der Waals surface area contributed by atoms with Crippen LogP contribution in [0.4, 0.5) is 13.2 Å². The van der Waals surface area contributed by atoms with Gasteiger partial charge in [-0.2, -0.15) is 13.2 Å². The van der Waals surface area contributed by atoms with Crippen LogP contribution in [0.15, 0.2) is 23.8 Å². The SMILES string of the molecule is CC1=CC=CC(C)(C)CC1(O[Si](C)(C)C)C(F)(F)F. The second-order valence-electron chi connectivity index (χ2n) is 6.91. The van der Waals surface area contributed by atoms with Crippen LogP contribution in [0.25, 0.3) is 0 Å². The maximum atomic E-state index is 13.7. The summed E-state index contributed by atoms with van der Waals surface area (Å²) < 4.78 is 46.9. The number of rotatable bonds is 2. The van der Waals surface area contributed by atoms with Crippen LogP contribution in [-0.4, -0.2) is 20.1 Å². The smallest absolute Gasteiger partial charge is 0.401 e. The summed E-state index contributed by atoms with van der Waals surface area (Å²) in [4.78, 5) is 0. The van der Waals surface area contributed by atoms with Crippen molar-refractivity contribution in [3.8, 4) is 0 Å². The number of allylic oxidation sites excluding steroid dienone is 3. The first kappa shape index (κ1) is 16.5. The molecule has 1 aliphatic carbocycles. The van der Waals surface area contributed by atoms with Crippen molar-refractivity contribution in [2.75, 3.05) is 0 Å². The third-order valence-corrected chi connectivity index (χ3v) is 4.13. The zero-order valence-corrected chi connectivity index (χ0v) is 13.5. The fourth-order valence-corrected chi connectivity index (χ4v) is 3.84. The number of hydrogen-bond acceptors (Lipinski definition) is 1. The first-order valence-electron chi connectivity index (χ1n) is 6.43. The average Bonchev–Trinajstić information content (AvgIpc) is 2.20. The molecule has 0 spiro atoms. The molecule has 0 saturated heterocycles. The third-order valence-electron chi connectivity index (χ3n) is 3.17. The molecule has 0 bridgehead atoms. The van der Waals surface area contributed by atoms with Gasteiger partial charge in [-0.05, 0) is 44.0 Å². The van der Waals surface area contributed by atoms with E-state index in [0.717, 1.165) is 0 Å². The molecule has 0 saturated carbocycles. The summed E-state index contributed by atoms with van der Waals surface area (Å²) in [7, 11) is -2.34. The molecule has 110 valence electrons. The minimum atomic E-state index is -4.41. The van der Waals surface area contributed by atoms with E-state index in [-0.39, 0.29) is 12.0 Å². The lowest BCUT2D eigenvalue weighted by Crippen LogP contribution is -2.55. The quantitative estimate of drug-likeness (QED) is 0.646. The van der Waals surface area contributed by atoms with Crippen molar-refractivity contribution in [2.24, 2.45) is 5.41 Å². The zero-order chi connectivity index (χ0) is 15.1. The van der Waals surface area contributed by atoms with E-state index in [2.05, 4.69) is 0 Å². The fraction of sp³-hybridized carbons (Fsp3) is 0.714. The largest absolute Gasteiger partial charge is 0.420 e. The van der Waals surface area contributed by atoms with Gasteiger partial charge in [0.05, 0.1) is 0 Å². The van der Waals surface area contributed by atoms with E-state index in [0.29, 0.717) is 0 Å². The van der Waals surface area contributed by atoms with Crippen LogP contribution < -0.4 is 0 Å². The molecule has 1 atom stereocenters. The Morgan fingerprint density at radius 3 is 2.16 bits per heavy atom. The topological polar surface area (TPSA) is 9.23 Å². The molecule has 0 N–H and O–H groups in total. The first-order valence-corrected chi connectivity index (χ1v) is 9.83. The van der Waals surface area contributed by atoms with Crippen molar-refractivity contribution in [3.05, 3.63) is 23.8 Å². The van der Waals surface area contributed by atoms with E-state index in [4.69, 9.17) is 4.43 Å². The molecule has 0 fully saturated rings. The molecule has 19 heavy (non-hydrogen) atoms. The van der Waals surface area contributed by atoms with Gasteiger partial charge in [0.15, 0.2) is 13.9 Å². The predicted molar refractivity (Wildman–Crippen MR) is 74.5 cm³/mol. The molecule has 0 aliphatic heterocycles. The van der Waals surface area contributed by atoms with Crippen LogP contribution in [-0.2, 0) is 4.43 Å². The average molecular weight is 292 g/mol. The van der Waals surface area contributed by atoms with Gasteiger partial charge in [-0.25, -0.2) is 0 Å². The van der Waals surface area contributed by atoms with Crippen LogP contribution in [0.2, 0.25) is 19.6 Å². The molecule has 1 aliphatic rings. The van der Waals surface area contributed by atoms with Crippen molar-refractivity contribution in [2.45, 2.75) is 58.6 Å². The molecule has 0 aromatic carbocycles. The zero-order valence-electron chi connectivity index (χ0n) is 12.5. The van der Waals surface area contributed by atoms with Crippen molar-refractivity contribution < 1.29 is 17.6 Å². The van der Waals surface area contributed by atoms with E-state index in [1.165, 1.54) is 13.0 Å². The molecule has 0 aromatic heterocycles. The van der Waals surface area contributed by atoms with Crippen LogP contribution >= 0.6 is 0 Å². The molecular weight excluding hydrogens is 269 g/mol. The van der Waals surface area contributed by atoms with Gasteiger partial charge in [0.25, 0.3) is 0 Å². The standard InChI is InChI=1S/C14H23F3OSi/c1-11-8-7-9-12(2,3)10-13(11,14(15,16)17)18-19(4,5)6/h7-9H,10H2,1-6H3. The maximum absolute atomic E-state index is 13.7. The lowest BCUT2D eigenvalue weighted by Gasteiger charge is -2.44. The first-order chi connectivity index (χ1) is 8.29. The molecule has 1 unspecified atom stereocenters. The summed E-state index contributed by atoms with van der Waals surface area (Å²) in [5, 5.41) is 0. The molecule has 1 nitrogen and oxygen atoms in total. The maximum Gasteiger partial charge on any atom is 0.420 e. The second-order valence-corrected chi connectivity index (χ2v) is 11.3. The molecule has 0 aromatic rings. The Morgan fingerprint density at radius 1 is 1.21 bits per heavy atom. The minimum absolute atomic E-state index is 0.0768. The van der Waals surface area contributed by atoms with Crippen LogP contribution in [0.5, 0.6) is 0 Å². The number of alkyl halides is 3. The van der Waals surface area contributed by atoms with Crippen molar-refractivity contribution in [1.29, 1.82) is 0 Å². The lowest BCUT2D eigenvalue weighted by molar-refractivity contribution is -0.243. The summed E-state index contributed by atoms with van der Waals surface area (Å²) >= 11 is 0. The Hall–Kier alpha value is -0.553. The Labute approximate surface area is 114 Å². The highest BCUT2D eigenvalue weighted by Gasteiger charge is 2.60. The summed E-state index contributed by atoms with van der Waals surface area (Å²) in [5.74, 6) is 0. The van der Waals surface area contributed by atoms with Gasteiger partial charge in [0, 0.05) is 0 Å². The molecule has 1 rings (SSSR count). The van der Waals surface area contributed by atoms with Crippen molar-refractivity contribution in [1.82, 2.24) is 0 Å². The summed E-state index contributed by atoms with van der Waals surface area (Å²) in [6.45, 7) is 10.5. The van der Waals surface area contributed by atoms with E-state index in [1.807, 2.05) is 19.9 Å². The highest BCUT2D eigenvalue weighted by molar-refractivity contribution is 6.69. The Balaban J connectivity index is 3.37. The monoisotopic (exact) mass is 292 g/mol. The summed E-state index contributed by atoms with van der Waals surface area (Å²) in [6, 6.07) is 0. The van der Waals surface area contributed by atoms with E-state index in [1.54, 1.807) is 25.7 Å². The van der Waals surface area contributed by atoms with Gasteiger partial charge in [0.1, 0.15) is 0 Å². The van der Waals surface area contributed by atoms with Gasteiger partial charge in [-0.15, -0.1) is 0 Å². The fourth-order valence-electron chi connectivity index (χ4n) is 2.45. The number of halogens is 3. The molecule has 5 heteroatoms. The van der Waals surface area contributed by atoms with Gasteiger partial charge in [-0.3, -0.25) is 0 Å². The highest BCUT2D eigenvalue weighted by atomic mass is 28.4. The van der Waals surface area contributed by atoms with Crippen molar-refractivity contribution in [3.63, 3.8) is 0 Å². The molecule has 0 heterocycles. The summed E-state index contributed by atoms with van der Waals surface area (Å²) in [5.41, 5.74) is -2.47. The van der Waals surface area contributed by atoms with Crippen molar-refractivity contribution >= 4 is 8.32 Å². The number of hydrogen-bond donors (Lipinski definition) is 0. The van der Waals surface area contributed by atoms with Crippen LogP contribution in [0, 0.1) is 5.41 Å². The van der Waals surface area contributed by atoms with Crippen LogP contribution in [0.3, 0.4) is 0 Å². The van der Waals surface area contributed by atoms with E-state index >= 15 is 0 Å².